The van der Waals surface area contributed by atoms with Crippen LogP contribution in [0.25, 0.3) is 0 Å². The summed E-state index contributed by atoms with van der Waals surface area (Å²) >= 11 is 6.76. The number of hydrogen-bond donors (Lipinski definition) is 1. The van der Waals surface area contributed by atoms with Gasteiger partial charge in [-0.05, 0) is 33.6 Å². The Morgan fingerprint density at radius 1 is 1.44 bits per heavy atom. The molecular formula is C13H17Br2NO2. The van der Waals surface area contributed by atoms with Gasteiger partial charge in [0, 0.05) is 24.7 Å². The fraction of sp³-hybridized carbons (Fsp3) is 0.385. The van der Waals surface area contributed by atoms with Crippen molar-refractivity contribution in [3.8, 4) is 5.75 Å². The Hall–Kier alpha value is -0.360. The molecule has 0 heterocycles. The molecule has 0 aliphatic rings. The lowest BCUT2D eigenvalue weighted by atomic mass is 10.2. The van der Waals surface area contributed by atoms with Gasteiger partial charge in [0.05, 0.1) is 11.1 Å². The maximum atomic E-state index is 5.56. The molecule has 0 fully saturated rings. The van der Waals surface area contributed by atoms with Gasteiger partial charge in [-0.1, -0.05) is 28.6 Å². The van der Waals surface area contributed by atoms with Crippen molar-refractivity contribution in [2.24, 2.45) is 0 Å². The van der Waals surface area contributed by atoms with Gasteiger partial charge < -0.3 is 14.8 Å². The molecule has 0 aliphatic carbocycles. The van der Waals surface area contributed by atoms with Gasteiger partial charge in [0.2, 0.25) is 0 Å². The Balaban J connectivity index is 2.48. The van der Waals surface area contributed by atoms with Gasteiger partial charge in [0.1, 0.15) is 12.4 Å². The molecule has 0 saturated heterocycles. The van der Waals surface area contributed by atoms with E-state index < -0.39 is 0 Å². The number of benzene rings is 1. The Labute approximate surface area is 125 Å². The molecule has 0 bridgehead atoms. The second-order valence-corrected chi connectivity index (χ2v) is 5.72. The van der Waals surface area contributed by atoms with E-state index in [4.69, 9.17) is 9.47 Å². The Kier molecular flexibility index (Phi) is 7.58. The summed E-state index contributed by atoms with van der Waals surface area (Å²) in [6, 6.07) is 6.04. The second-order valence-electron chi connectivity index (χ2n) is 3.74. The summed E-state index contributed by atoms with van der Waals surface area (Å²) in [6.07, 6.45) is 0. The van der Waals surface area contributed by atoms with E-state index in [1.165, 1.54) is 5.56 Å². The highest BCUT2D eigenvalue weighted by atomic mass is 79.9. The van der Waals surface area contributed by atoms with E-state index in [9.17, 15) is 0 Å². The van der Waals surface area contributed by atoms with Crippen LogP contribution in [0.2, 0.25) is 0 Å². The van der Waals surface area contributed by atoms with Crippen LogP contribution in [-0.2, 0) is 11.3 Å². The molecule has 0 saturated carbocycles. The molecule has 0 amide bonds. The largest absolute Gasteiger partial charge is 0.487 e. The summed E-state index contributed by atoms with van der Waals surface area (Å²) in [5, 5.41) is 3.29. The molecule has 0 aliphatic heterocycles. The average Bonchev–Trinajstić information content (AvgIpc) is 2.33. The van der Waals surface area contributed by atoms with Gasteiger partial charge in [-0.15, -0.1) is 0 Å². The number of rotatable bonds is 8. The fourth-order valence-electron chi connectivity index (χ4n) is 1.33. The summed E-state index contributed by atoms with van der Waals surface area (Å²) in [5.41, 5.74) is 1.20. The number of nitrogens with one attached hydrogen (secondary N) is 1. The van der Waals surface area contributed by atoms with Crippen LogP contribution in [0, 0.1) is 0 Å². The third-order valence-electron chi connectivity index (χ3n) is 2.19. The first-order chi connectivity index (χ1) is 8.63. The minimum atomic E-state index is 0.462. The monoisotopic (exact) mass is 377 g/mol. The molecule has 18 heavy (non-hydrogen) atoms. The van der Waals surface area contributed by atoms with Crippen LogP contribution >= 0.6 is 31.9 Å². The molecular weight excluding hydrogens is 362 g/mol. The van der Waals surface area contributed by atoms with E-state index in [2.05, 4.69) is 43.8 Å². The number of methoxy groups -OCH3 is 1. The Morgan fingerprint density at radius 3 is 2.83 bits per heavy atom. The third kappa shape index (κ3) is 6.00. The molecule has 1 aromatic carbocycles. The summed E-state index contributed by atoms with van der Waals surface area (Å²) < 4.78 is 12.3. The Bertz CT molecular complexity index is 397. The predicted molar refractivity (Wildman–Crippen MR) is 81.3 cm³/mol. The van der Waals surface area contributed by atoms with Crippen molar-refractivity contribution in [1.82, 2.24) is 5.32 Å². The van der Waals surface area contributed by atoms with Gasteiger partial charge in [-0.25, -0.2) is 0 Å². The molecule has 1 aromatic rings. The standard InChI is InChI=1S/C13H17Br2NO2/c1-10(14)9-18-13-4-3-11(7-12(13)15)8-16-5-6-17-2/h3-4,7,16H,1,5-6,8-9H2,2H3. The van der Waals surface area contributed by atoms with Crippen molar-refractivity contribution < 1.29 is 9.47 Å². The topological polar surface area (TPSA) is 30.5 Å². The van der Waals surface area contributed by atoms with E-state index in [-0.39, 0.29) is 0 Å². The Morgan fingerprint density at radius 2 is 2.22 bits per heavy atom. The molecule has 0 unspecified atom stereocenters. The number of hydrogen-bond acceptors (Lipinski definition) is 3. The lowest BCUT2D eigenvalue weighted by Crippen LogP contribution is -2.18. The van der Waals surface area contributed by atoms with Crippen molar-refractivity contribution in [3.05, 3.63) is 39.3 Å². The minimum Gasteiger partial charge on any atom is -0.487 e. The lowest BCUT2D eigenvalue weighted by Gasteiger charge is -2.10. The van der Waals surface area contributed by atoms with Crippen LogP contribution in [0.15, 0.2) is 33.7 Å². The van der Waals surface area contributed by atoms with Gasteiger partial charge in [-0.2, -0.15) is 0 Å². The summed E-state index contributed by atoms with van der Waals surface area (Å²) in [6.45, 7) is 6.57. The van der Waals surface area contributed by atoms with E-state index in [1.807, 2.05) is 18.2 Å². The first-order valence-electron chi connectivity index (χ1n) is 5.57. The van der Waals surface area contributed by atoms with Gasteiger partial charge in [0.25, 0.3) is 0 Å². The van der Waals surface area contributed by atoms with Crippen molar-refractivity contribution in [2.75, 3.05) is 26.9 Å². The van der Waals surface area contributed by atoms with Crippen molar-refractivity contribution in [3.63, 3.8) is 0 Å². The zero-order valence-corrected chi connectivity index (χ0v) is 13.5. The first-order valence-corrected chi connectivity index (χ1v) is 7.16. The van der Waals surface area contributed by atoms with Gasteiger partial charge in [-0.3, -0.25) is 0 Å². The SMILES string of the molecule is C=C(Br)COc1ccc(CNCCOC)cc1Br. The number of ether oxygens (including phenoxy) is 2. The van der Waals surface area contributed by atoms with Crippen LogP contribution in [0.1, 0.15) is 5.56 Å². The fourth-order valence-corrected chi connectivity index (χ4v) is 1.99. The average molecular weight is 379 g/mol. The first kappa shape index (κ1) is 15.7. The van der Waals surface area contributed by atoms with Crippen LogP contribution < -0.4 is 10.1 Å². The van der Waals surface area contributed by atoms with Crippen molar-refractivity contribution in [1.29, 1.82) is 0 Å². The highest BCUT2D eigenvalue weighted by Crippen LogP contribution is 2.26. The maximum Gasteiger partial charge on any atom is 0.134 e. The van der Waals surface area contributed by atoms with E-state index in [0.29, 0.717) is 6.61 Å². The summed E-state index contributed by atoms with van der Waals surface area (Å²) in [4.78, 5) is 0. The quantitative estimate of drug-likeness (QED) is 0.702. The molecule has 3 nitrogen and oxygen atoms in total. The molecule has 0 aromatic heterocycles. The van der Waals surface area contributed by atoms with Crippen LogP contribution in [0.3, 0.4) is 0 Å². The van der Waals surface area contributed by atoms with E-state index in [1.54, 1.807) is 7.11 Å². The highest BCUT2D eigenvalue weighted by Gasteiger charge is 2.03. The maximum absolute atomic E-state index is 5.56. The smallest absolute Gasteiger partial charge is 0.134 e. The molecule has 0 atom stereocenters. The normalized spacial score (nSPS) is 10.4. The molecule has 5 heteroatoms. The van der Waals surface area contributed by atoms with Crippen LogP contribution in [0.4, 0.5) is 0 Å². The summed E-state index contributed by atoms with van der Waals surface area (Å²) in [7, 11) is 1.70. The predicted octanol–water partition coefficient (Wildman–Crippen LogP) is 3.47. The van der Waals surface area contributed by atoms with Crippen molar-refractivity contribution in [2.45, 2.75) is 6.54 Å². The lowest BCUT2D eigenvalue weighted by molar-refractivity contribution is 0.199. The second kappa shape index (κ2) is 8.69. The minimum absolute atomic E-state index is 0.462. The third-order valence-corrected chi connectivity index (χ3v) is 3.04. The number of halogens is 2. The molecule has 1 N–H and O–H groups in total. The highest BCUT2D eigenvalue weighted by molar-refractivity contribution is 9.11. The summed E-state index contributed by atoms with van der Waals surface area (Å²) in [5.74, 6) is 0.816. The zero-order valence-electron chi connectivity index (χ0n) is 10.3. The molecule has 0 radical (unpaired) electrons. The van der Waals surface area contributed by atoms with Crippen LogP contribution in [0.5, 0.6) is 5.75 Å². The molecule has 100 valence electrons. The van der Waals surface area contributed by atoms with Gasteiger partial charge >= 0.3 is 0 Å². The van der Waals surface area contributed by atoms with Crippen molar-refractivity contribution >= 4 is 31.9 Å². The van der Waals surface area contributed by atoms with Crippen LogP contribution in [-0.4, -0.2) is 26.9 Å². The van der Waals surface area contributed by atoms with Gasteiger partial charge in [0.15, 0.2) is 0 Å². The molecule has 0 spiro atoms. The zero-order chi connectivity index (χ0) is 13.4. The molecule has 1 rings (SSSR count). The van der Waals surface area contributed by atoms with E-state index in [0.717, 1.165) is 34.4 Å². The van der Waals surface area contributed by atoms with E-state index >= 15 is 0 Å².